The van der Waals surface area contributed by atoms with Crippen LogP contribution in [0.15, 0.2) is 10.5 Å². The Hall–Kier alpha value is -1.34. The Bertz CT molecular complexity index is 516. The molecule has 1 aliphatic heterocycles. The number of nitrogens with zero attached hydrogens (tertiary/aromatic N) is 1. The van der Waals surface area contributed by atoms with E-state index in [1.165, 1.54) is 14.2 Å². The van der Waals surface area contributed by atoms with Gasteiger partial charge >= 0.3 is 0 Å². The SMILES string of the molecule is COc1cc(Br)c([N+](=O)[O-])c(C2CCNCC2)c1OC. The molecule has 110 valence electrons. The Balaban J connectivity index is 2.64. The summed E-state index contributed by atoms with van der Waals surface area (Å²) >= 11 is 3.28. The van der Waals surface area contributed by atoms with Gasteiger partial charge in [-0.2, -0.15) is 0 Å². The summed E-state index contributed by atoms with van der Waals surface area (Å²) in [5, 5.41) is 14.7. The molecule has 1 aromatic carbocycles. The van der Waals surface area contributed by atoms with Gasteiger partial charge in [0.15, 0.2) is 11.5 Å². The third kappa shape index (κ3) is 2.73. The second-order valence-corrected chi connectivity index (χ2v) is 5.49. The van der Waals surface area contributed by atoms with Gasteiger partial charge in [-0.25, -0.2) is 0 Å². The lowest BCUT2D eigenvalue weighted by Gasteiger charge is -2.25. The lowest BCUT2D eigenvalue weighted by molar-refractivity contribution is -0.386. The number of nitro groups is 1. The minimum absolute atomic E-state index is 0.0783. The second-order valence-electron chi connectivity index (χ2n) is 4.64. The average Bonchev–Trinajstić information content (AvgIpc) is 2.46. The van der Waals surface area contributed by atoms with Crippen molar-refractivity contribution in [2.45, 2.75) is 18.8 Å². The van der Waals surface area contributed by atoms with Crippen LogP contribution >= 0.6 is 15.9 Å². The van der Waals surface area contributed by atoms with Crippen LogP contribution in [-0.4, -0.2) is 32.2 Å². The fraction of sp³-hybridized carbons (Fsp3) is 0.538. The Morgan fingerprint density at radius 2 is 2.00 bits per heavy atom. The third-order valence-electron chi connectivity index (χ3n) is 3.56. The summed E-state index contributed by atoms with van der Waals surface area (Å²) in [5.41, 5.74) is 0.708. The highest BCUT2D eigenvalue weighted by molar-refractivity contribution is 9.10. The zero-order valence-corrected chi connectivity index (χ0v) is 13.0. The molecular weight excluding hydrogens is 328 g/mol. The molecule has 0 saturated carbocycles. The van der Waals surface area contributed by atoms with Gasteiger partial charge in [0.25, 0.3) is 5.69 Å². The minimum Gasteiger partial charge on any atom is -0.493 e. The number of nitro benzene ring substituents is 1. The molecule has 7 heteroatoms. The van der Waals surface area contributed by atoms with Gasteiger partial charge in [0.1, 0.15) is 0 Å². The lowest BCUT2D eigenvalue weighted by atomic mass is 9.88. The summed E-state index contributed by atoms with van der Waals surface area (Å²) in [5.74, 6) is 1.07. The van der Waals surface area contributed by atoms with Gasteiger partial charge in [-0.15, -0.1) is 0 Å². The predicted octanol–water partition coefficient (Wildman–Crippen LogP) is 2.84. The first-order valence-electron chi connectivity index (χ1n) is 6.39. The van der Waals surface area contributed by atoms with Crippen LogP contribution in [0.4, 0.5) is 5.69 Å². The van der Waals surface area contributed by atoms with E-state index in [2.05, 4.69) is 21.2 Å². The zero-order valence-electron chi connectivity index (χ0n) is 11.4. The first-order chi connectivity index (χ1) is 9.60. The Morgan fingerprint density at radius 1 is 1.35 bits per heavy atom. The molecule has 6 nitrogen and oxygen atoms in total. The monoisotopic (exact) mass is 344 g/mol. The summed E-state index contributed by atoms with van der Waals surface area (Å²) in [6.45, 7) is 1.69. The van der Waals surface area contributed by atoms with Gasteiger partial charge in [-0.3, -0.25) is 10.1 Å². The first kappa shape index (κ1) is 15.1. The molecule has 20 heavy (non-hydrogen) atoms. The van der Waals surface area contributed by atoms with Gasteiger partial charge in [-0.1, -0.05) is 0 Å². The molecule has 0 atom stereocenters. The predicted molar refractivity (Wildman–Crippen MR) is 78.7 cm³/mol. The summed E-state index contributed by atoms with van der Waals surface area (Å²) in [7, 11) is 3.04. The average molecular weight is 345 g/mol. The highest BCUT2D eigenvalue weighted by Gasteiger charge is 2.32. The maximum Gasteiger partial charge on any atom is 0.290 e. The van der Waals surface area contributed by atoms with Crippen LogP contribution in [0.1, 0.15) is 24.3 Å². The molecule has 0 radical (unpaired) electrons. The first-order valence-corrected chi connectivity index (χ1v) is 7.19. The number of rotatable bonds is 4. The van der Waals surface area contributed by atoms with Gasteiger partial charge < -0.3 is 14.8 Å². The fourth-order valence-corrected chi connectivity index (χ4v) is 3.22. The van der Waals surface area contributed by atoms with Gasteiger partial charge in [0.2, 0.25) is 0 Å². The summed E-state index contributed by atoms with van der Waals surface area (Å²) in [6, 6.07) is 1.58. The van der Waals surface area contributed by atoms with E-state index >= 15 is 0 Å². The van der Waals surface area contributed by atoms with Crippen molar-refractivity contribution >= 4 is 21.6 Å². The van der Waals surface area contributed by atoms with Crippen molar-refractivity contribution in [2.75, 3.05) is 27.3 Å². The standard InChI is InChI=1S/C13H17BrN2O4/c1-19-10-7-9(14)12(16(17)18)11(13(10)20-2)8-3-5-15-6-4-8/h7-8,15H,3-6H2,1-2H3. The molecule has 0 aromatic heterocycles. The molecule has 0 bridgehead atoms. The molecule has 1 aromatic rings. The highest BCUT2D eigenvalue weighted by atomic mass is 79.9. The zero-order chi connectivity index (χ0) is 14.7. The van der Waals surface area contributed by atoms with Crippen LogP contribution < -0.4 is 14.8 Å². The molecule has 1 heterocycles. The molecule has 1 N–H and O–H groups in total. The largest absolute Gasteiger partial charge is 0.493 e. The molecule has 1 saturated heterocycles. The van der Waals surface area contributed by atoms with Crippen LogP contribution in [0.2, 0.25) is 0 Å². The summed E-state index contributed by atoms with van der Waals surface area (Å²) < 4.78 is 11.1. The quantitative estimate of drug-likeness (QED) is 0.671. The van der Waals surface area contributed by atoms with Crippen LogP contribution in [0.25, 0.3) is 0 Å². The molecule has 0 unspecified atom stereocenters. The summed E-state index contributed by atoms with van der Waals surface area (Å²) in [6.07, 6.45) is 1.69. The second kappa shape index (κ2) is 6.41. The number of nitrogens with one attached hydrogen (secondary N) is 1. The Kier molecular flexibility index (Phi) is 4.82. The molecule has 0 spiro atoms. The van der Waals surface area contributed by atoms with E-state index < -0.39 is 0 Å². The van der Waals surface area contributed by atoms with Crippen LogP contribution in [-0.2, 0) is 0 Å². The van der Waals surface area contributed by atoms with Crippen LogP contribution in [0.5, 0.6) is 11.5 Å². The molecule has 0 amide bonds. The topological polar surface area (TPSA) is 73.6 Å². The van der Waals surface area contributed by atoms with E-state index in [9.17, 15) is 10.1 Å². The van der Waals surface area contributed by atoms with Crippen LogP contribution in [0, 0.1) is 10.1 Å². The molecule has 0 aliphatic carbocycles. The van der Waals surface area contributed by atoms with Crippen molar-refractivity contribution in [2.24, 2.45) is 0 Å². The van der Waals surface area contributed by atoms with Crippen molar-refractivity contribution in [3.63, 3.8) is 0 Å². The molecule has 1 aliphatic rings. The number of halogens is 1. The number of hydrogen-bond acceptors (Lipinski definition) is 5. The van der Waals surface area contributed by atoms with E-state index in [-0.39, 0.29) is 16.5 Å². The smallest absolute Gasteiger partial charge is 0.290 e. The number of hydrogen-bond donors (Lipinski definition) is 1. The van der Waals surface area contributed by atoms with E-state index in [0.29, 0.717) is 21.5 Å². The summed E-state index contributed by atoms with van der Waals surface area (Å²) in [4.78, 5) is 11.1. The lowest BCUT2D eigenvalue weighted by Crippen LogP contribution is -2.27. The fourth-order valence-electron chi connectivity index (χ4n) is 2.65. The van der Waals surface area contributed by atoms with E-state index in [0.717, 1.165) is 25.9 Å². The van der Waals surface area contributed by atoms with E-state index in [1.54, 1.807) is 6.07 Å². The van der Waals surface area contributed by atoms with Crippen molar-refractivity contribution in [3.8, 4) is 11.5 Å². The normalized spacial score (nSPS) is 15.9. The number of benzene rings is 1. The minimum atomic E-state index is -0.358. The van der Waals surface area contributed by atoms with Crippen molar-refractivity contribution in [1.29, 1.82) is 0 Å². The van der Waals surface area contributed by atoms with E-state index in [1.807, 2.05) is 0 Å². The molecule has 2 rings (SSSR count). The molecular formula is C13H17BrN2O4. The van der Waals surface area contributed by atoms with Gasteiger partial charge in [-0.05, 0) is 47.8 Å². The Labute approximate surface area is 125 Å². The van der Waals surface area contributed by atoms with E-state index in [4.69, 9.17) is 9.47 Å². The van der Waals surface area contributed by atoms with Crippen LogP contribution in [0.3, 0.4) is 0 Å². The molecule has 1 fully saturated rings. The third-order valence-corrected chi connectivity index (χ3v) is 4.17. The van der Waals surface area contributed by atoms with Crippen molar-refractivity contribution in [1.82, 2.24) is 5.32 Å². The highest BCUT2D eigenvalue weighted by Crippen LogP contribution is 2.48. The van der Waals surface area contributed by atoms with Gasteiger partial charge in [0.05, 0.1) is 29.2 Å². The van der Waals surface area contributed by atoms with Crippen molar-refractivity contribution in [3.05, 3.63) is 26.2 Å². The maximum absolute atomic E-state index is 11.4. The van der Waals surface area contributed by atoms with Gasteiger partial charge in [0, 0.05) is 6.07 Å². The Morgan fingerprint density at radius 3 is 2.50 bits per heavy atom. The maximum atomic E-state index is 11.4. The number of ether oxygens (including phenoxy) is 2. The number of piperidine rings is 1. The van der Waals surface area contributed by atoms with Crippen molar-refractivity contribution < 1.29 is 14.4 Å². The number of methoxy groups -OCH3 is 2.